The average Bonchev–Trinajstić information content (AvgIpc) is 3.40. The molecule has 9 heteroatoms. The summed E-state index contributed by atoms with van der Waals surface area (Å²) in [6, 6.07) is 27.3. The van der Waals surface area contributed by atoms with Crippen LogP contribution in [-0.4, -0.2) is 26.7 Å². The fourth-order valence-electron chi connectivity index (χ4n) is 4.50. The molecule has 2 aromatic heterocycles. The lowest BCUT2D eigenvalue weighted by Gasteiger charge is -2.13. The van der Waals surface area contributed by atoms with Crippen molar-refractivity contribution in [3.8, 4) is 28.2 Å². The third kappa shape index (κ3) is 6.06. The molecular weight excluding hydrogens is 547 g/mol. The minimum atomic E-state index is -0.603. The number of hydrogen-bond acceptors (Lipinski definition) is 4. The van der Waals surface area contributed by atoms with Gasteiger partial charge in [0.15, 0.2) is 5.78 Å². The molecule has 1 atom stereocenters. The number of carbonyl (C=O) groups excluding carboxylic acids is 2. The molecule has 200 valence electrons. The number of halogens is 2. The average molecular weight is 572 g/mol. The summed E-state index contributed by atoms with van der Waals surface area (Å²) in [6.45, 7) is 0. The molecule has 3 aromatic carbocycles. The summed E-state index contributed by atoms with van der Waals surface area (Å²) in [4.78, 5) is 25.2. The van der Waals surface area contributed by atoms with Gasteiger partial charge in [0.05, 0.1) is 32.7 Å². The number of carbonyl (C=O) groups is 2. The van der Waals surface area contributed by atoms with Crippen LogP contribution in [0.25, 0.3) is 28.2 Å². The van der Waals surface area contributed by atoms with E-state index in [-0.39, 0.29) is 12.2 Å². The summed E-state index contributed by atoms with van der Waals surface area (Å²) < 4.78 is 2.69. The van der Waals surface area contributed by atoms with E-state index in [2.05, 4.69) is 0 Å². The molecule has 40 heavy (non-hydrogen) atoms. The van der Waals surface area contributed by atoms with Crippen LogP contribution in [0.1, 0.15) is 22.3 Å². The zero-order valence-electron chi connectivity index (χ0n) is 21.2. The Morgan fingerprint density at radius 1 is 0.900 bits per heavy atom. The predicted octanol–water partition coefficient (Wildman–Crippen LogP) is 5.95. The normalized spacial score (nSPS) is 11.8. The van der Waals surface area contributed by atoms with Gasteiger partial charge in [0.1, 0.15) is 0 Å². The monoisotopic (exact) mass is 571 g/mol. The summed E-state index contributed by atoms with van der Waals surface area (Å²) >= 11 is 12.4. The molecule has 5 rings (SSSR count). The smallest absolute Gasteiger partial charge is 0.231 e. The lowest BCUT2D eigenvalue weighted by molar-refractivity contribution is -0.904. The fourth-order valence-corrected chi connectivity index (χ4v) is 4.79. The Morgan fingerprint density at radius 2 is 1.65 bits per heavy atom. The van der Waals surface area contributed by atoms with Gasteiger partial charge in [-0.3, -0.25) is 14.8 Å². The van der Waals surface area contributed by atoms with Gasteiger partial charge in [-0.1, -0.05) is 77.8 Å². The standard InChI is InChI=1S/C31H24Cl2N4O3/c32-26-13-12-25(17-27(26)33)37-29(18-28(35-37)23-7-4-14-36(40)19-23)21-8-10-22(11-9-21)30(38)16-24(31(34)39)15-20-5-2-1-3-6-20/h1-14,17-19,24H,15-16H2,(H2-,34,39,40)/p+1/t24-/m0/s1. The van der Waals surface area contributed by atoms with E-state index in [9.17, 15) is 14.8 Å². The number of hydrogen-bond donors (Lipinski definition) is 2. The van der Waals surface area contributed by atoms with Crippen molar-refractivity contribution in [2.75, 3.05) is 0 Å². The molecular formula is C31H25Cl2N4O3+. The molecule has 5 aromatic rings. The molecule has 7 nitrogen and oxygen atoms in total. The number of benzene rings is 3. The number of amides is 1. The highest BCUT2D eigenvalue weighted by Gasteiger charge is 2.22. The number of nitrogens with two attached hydrogens (primary N) is 1. The highest BCUT2D eigenvalue weighted by molar-refractivity contribution is 6.42. The first-order valence-corrected chi connectivity index (χ1v) is 13.3. The van der Waals surface area contributed by atoms with E-state index >= 15 is 0 Å². The SMILES string of the molecule is NC(=O)[C@H](CC(=O)c1ccc(-c2cc(-c3ccc[n+](O)c3)nn2-c2ccc(Cl)c(Cl)c2)cc1)Cc1ccccc1. The molecule has 0 fully saturated rings. The summed E-state index contributed by atoms with van der Waals surface area (Å²) in [7, 11) is 0. The number of primary amides is 1. The summed E-state index contributed by atoms with van der Waals surface area (Å²) in [5.74, 6) is -1.27. The number of Topliss-reactive ketones (excluding diaryl/α,β-unsaturated/α-hetero) is 1. The van der Waals surface area contributed by atoms with E-state index in [1.165, 1.54) is 6.20 Å². The van der Waals surface area contributed by atoms with Crippen molar-refractivity contribution < 1.29 is 19.5 Å². The van der Waals surface area contributed by atoms with Gasteiger partial charge in [-0.2, -0.15) is 5.10 Å². The van der Waals surface area contributed by atoms with Crippen molar-refractivity contribution in [3.63, 3.8) is 0 Å². The van der Waals surface area contributed by atoms with Gasteiger partial charge in [0.25, 0.3) is 0 Å². The number of ketones is 1. The maximum absolute atomic E-state index is 13.1. The minimum absolute atomic E-state index is 0.0180. The highest BCUT2D eigenvalue weighted by atomic mass is 35.5. The Balaban J connectivity index is 1.45. The molecule has 0 aliphatic rings. The molecule has 0 radical (unpaired) electrons. The van der Waals surface area contributed by atoms with Gasteiger partial charge < -0.3 is 5.73 Å². The van der Waals surface area contributed by atoms with E-state index in [1.807, 2.05) is 54.6 Å². The minimum Gasteiger partial charge on any atom is -0.369 e. The maximum atomic E-state index is 13.1. The molecule has 2 heterocycles. The first-order valence-electron chi connectivity index (χ1n) is 12.5. The van der Waals surface area contributed by atoms with E-state index in [0.29, 0.717) is 39.0 Å². The summed E-state index contributed by atoms with van der Waals surface area (Å²) in [5.41, 5.74) is 10.6. The lowest BCUT2D eigenvalue weighted by Crippen LogP contribution is -2.28. The zero-order chi connectivity index (χ0) is 28.2. The summed E-state index contributed by atoms with van der Waals surface area (Å²) in [6.07, 6.45) is 3.49. The fraction of sp³-hybridized carbons (Fsp3) is 0.0968. The Morgan fingerprint density at radius 3 is 2.33 bits per heavy atom. The van der Waals surface area contributed by atoms with E-state index < -0.39 is 11.8 Å². The van der Waals surface area contributed by atoms with E-state index in [0.717, 1.165) is 21.6 Å². The van der Waals surface area contributed by atoms with Crippen LogP contribution in [0.5, 0.6) is 0 Å². The molecule has 1 amide bonds. The largest absolute Gasteiger partial charge is 0.369 e. The molecule has 0 spiro atoms. The molecule has 0 bridgehead atoms. The number of rotatable bonds is 9. The predicted molar refractivity (Wildman–Crippen MR) is 154 cm³/mol. The number of pyridine rings is 1. The zero-order valence-corrected chi connectivity index (χ0v) is 22.8. The second-order valence-corrected chi connectivity index (χ2v) is 10.2. The first-order chi connectivity index (χ1) is 19.3. The van der Waals surface area contributed by atoms with Crippen LogP contribution in [0, 0.1) is 5.92 Å². The van der Waals surface area contributed by atoms with Crippen LogP contribution in [0.4, 0.5) is 0 Å². The second kappa shape index (κ2) is 11.7. The lowest BCUT2D eigenvalue weighted by atomic mass is 9.91. The highest BCUT2D eigenvalue weighted by Crippen LogP contribution is 2.31. The number of aromatic nitrogens is 3. The van der Waals surface area contributed by atoms with Crippen molar-refractivity contribution in [2.45, 2.75) is 12.8 Å². The van der Waals surface area contributed by atoms with Crippen molar-refractivity contribution in [1.82, 2.24) is 9.78 Å². The van der Waals surface area contributed by atoms with Gasteiger partial charge in [-0.15, -0.1) is 0 Å². The van der Waals surface area contributed by atoms with Crippen LogP contribution < -0.4 is 10.5 Å². The topological polar surface area (TPSA) is 102 Å². The Hall–Kier alpha value is -4.46. The molecule has 0 aliphatic heterocycles. The third-order valence-corrected chi connectivity index (χ3v) is 7.34. The molecule has 0 saturated carbocycles. The van der Waals surface area contributed by atoms with Crippen LogP contribution in [-0.2, 0) is 11.2 Å². The molecule has 3 N–H and O–H groups in total. The van der Waals surface area contributed by atoms with Crippen LogP contribution in [0.15, 0.2) is 103 Å². The van der Waals surface area contributed by atoms with Gasteiger partial charge in [0.2, 0.25) is 18.3 Å². The van der Waals surface area contributed by atoms with Gasteiger partial charge >= 0.3 is 0 Å². The van der Waals surface area contributed by atoms with Crippen LogP contribution in [0.2, 0.25) is 10.0 Å². The molecule has 0 aliphatic carbocycles. The van der Waals surface area contributed by atoms with Gasteiger partial charge in [-0.25, -0.2) is 4.68 Å². The Kier molecular flexibility index (Phi) is 7.96. The Labute approximate surface area is 241 Å². The third-order valence-electron chi connectivity index (χ3n) is 6.60. The van der Waals surface area contributed by atoms with Crippen LogP contribution in [0.3, 0.4) is 0 Å². The van der Waals surface area contributed by atoms with Crippen LogP contribution >= 0.6 is 23.2 Å². The quantitative estimate of drug-likeness (QED) is 0.129. The number of nitrogens with zero attached hydrogens (tertiary/aromatic N) is 3. The molecule has 0 saturated heterocycles. The van der Waals surface area contributed by atoms with Crippen molar-refractivity contribution in [1.29, 1.82) is 0 Å². The maximum Gasteiger partial charge on any atom is 0.231 e. The molecule has 0 unspecified atom stereocenters. The van der Waals surface area contributed by atoms with Crippen molar-refractivity contribution >= 4 is 34.9 Å². The van der Waals surface area contributed by atoms with E-state index in [4.69, 9.17) is 34.0 Å². The van der Waals surface area contributed by atoms with Gasteiger partial charge in [0, 0.05) is 34.3 Å². The van der Waals surface area contributed by atoms with Gasteiger partial charge in [-0.05, 0) is 42.3 Å². The summed E-state index contributed by atoms with van der Waals surface area (Å²) in [5, 5.41) is 15.5. The van der Waals surface area contributed by atoms with Crippen molar-refractivity contribution in [2.24, 2.45) is 11.7 Å². The van der Waals surface area contributed by atoms with E-state index in [1.54, 1.807) is 47.3 Å². The Bertz CT molecular complexity index is 1690. The first kappa shape index (κ1) is 27.1. The van der Waals surface area contributed by atoms with Crippen molar-refractivity contribution in [3.05, 3.63) is 125 Å². The second-order valence-electron chi connectivity index (χ2n) is 9.39.